The molecule has 0 aliphatic carbocycles. The predicted molar refractivity (Wildman–Crippen MR) is 121 cm³/mol. The lowest BCUT2D eigenvalue weighted by molar-refractivity contribution is -0.140. The summed E-state index contributed by atoms with van der Waals surface area (Å²) in [5.74, 6) is -2.34. The van der Waals surface area contributed by atoms with Gasteiger partial charge in [0, 0.05) is 16.0 Å². The molecule has 1 saturated heterocycles. The number of likely N-dealkylation sites (tertiary alicyclic amines) is 1. The third kappa shape index (κ3) is 4.01. The van der Waals surface area contributed by atoms with Crippen molar-refractivity contribution in [1.29, 1.82) is 0 Å². The highest BCUT2D eigenvalue weighted by Gasteiger charge is 2.47. The first-order valence-electron chi connectivity index (χ1n) is 9.90. The maximum atomic E-state index is 14.8. The molecule has 32 heavy (non-hydrogen) atoms. The number of hydrogen-bond donors (Lipinski definition) is 1. The van der Waals surface area contributed by atoms with E-state index >= 15 is 0 Å². The Morgan fingerprint density at radius 1 is 1.19 bits per heavy atom. The van der Waals surface area contributed by atoms with Crippen molar-refractivity contribution in [2.75, 3.05) is 6.61 Å². The van der Waals surface area contributed by atoms with Gasteiger partial charge in [0.1, 0.15) is 17.3 Å². The molecular formula is C24H19ClFNO4S. The molecule has 1 aromatic heterocycles. The summed E-state index contributed by atoms with van der Waals surface area (Å²) in [5, 5.41) is 13.3. The maximum absolute atomic E-state index is 14.8. The number of halogens is 2. The van der Waals surface area contributed by atoms with Crippen LogP contribution in [-0.2, 0) is 16.1 Å². The molecule has 1 atom stereocenters. The monoisotopic (exact) mass is 471 g/mol. The maximum Gasteiger partial charge on any atom is 0.295 e. The zero-order chi connectivity index (χ0) is 22.8. The third-order valence-corrected chi connectivity index (χ3v) is 6.32. The molecule has 1 fully saturated rings. The molecule has 1 unspecified atom stereocenters. The smallest absolute Gasteiger partial charge is 0.295 e. The molecule has 8 heteroatoms. The Morgan fingerprint density at radius 2 is 1.97 bits per heavy atom. The van der Waals surface area contributed by atoms with Crippen molar-refractivity contribution >= 4 is 40.4 Å². The highest BCUT2D eigenvalue weighted by atomic mass is 35.5. The lowest BCUT2D eigenvalue weighted by atomic mass is 9.95. The first-order chi connectivity index (χ1) is 15.4. The fourth-order valence-corrected chi connectivity index (χ4v) is 4.58. The molecule has 4 rings (SSSR count). The number of nitrogens with zero attached hydrogens (tertiary/aromatic N) is 1. The van der Waals surface area contributed by atoms with E-state index in [0.29, 0.717) is 17.4 Å². The Balaban J connectivity index is 1.88. The Morgan fingerprint density at radius 3 is 2.66 bits per heavy atom. The van der Waals surface area contributed by atoms with Gasteiger partial charge < -0.3 is 14.7 Å². The summed E-state index contributed by atoms with van der Waals surface area (Å²) in [4.78, 5) is 28.1. The van der Waals surface area contributed by atoms with E-state index in [1.54, 1.807) is 13.0 Å². The van der Waals surface area contributed by atoms with Crippen LogP contribution in [0.15, 0.2) is 65.6 Å². The van der Waals surface area contributed by atoms with E-state index in [9.17, 15) is 19.1 Å². The average Bonchev–Trinajstić information content (AvgIpc) is 3.38. The number of ether oxygens (including phenoxy) is 1. The lowest BCUT2D eigenvalue weighted by Crippen LogP contribution is -2.29. The van der Waals surface area contributed by atoms with Crippen molar-refractivity contribution in [2.45, 2.75) is 19.5 Å². The number of benzene rings is 2. The standard InChI is InChI=1S/C24H19ClFNO4S/c1-2-31-19-12-14(9-10-17(19)25)22(28)20-21(16-7-3-4-8-18(16)26)27(24(30)23(20)29)13-15-6-5-11-32-15/h3-12,21,28H,2,13H2,1H3/b22-20+. The van der Waals surface area contributed by atoms with E-state index < -0.39 is 29.3 Å². The van der Waals surface area contributed by atoms with Gasteiger partial charge >= 0.3 is 0 Å². The average molecular weight is 472 g/mol. The normalized spacial score (nSPS) is 17.7. The van der Waals surface area contributed by atoms with Gasteiger partial charge in [0.25, 0.3) is 11.7 Å². The molecule has 0 saturated carbocycles. The van der Waals surface area contributed by atoms with E-state index in [1.165, 1.54) is 52.6 Å². The van der Waals surface area contributed by atoms with Gasteiger partial charge in [-0.1, -0.05) is 35.9 Å². The van der Waals surface area contributed by atoms with E-state index in [0.717, 1.165) is 4.88 Å². The Labute approximate surface area is 193 Å². The predicted octanol–water partition coefficient (Wildman–Crippen LogP) is 5.56. The summed E-state index contributed by atoms with van der Waals surface area (Å²) in [5.41, 5.74) is 0.193. The number of ketones is 1. The van der Waals surface area contributed by atoms with Crippen LogP contribution < -0.4 is 4.74 Å². The Bertz CT molecular complexity index is 1210. The van der Waals surface area contributed by atoms with Gasteiger partial charge in [-0.25, -0.2) is 4.39 Å². The van der Waals surface area contributed by atoms with Crippen LogP contribution in [0, 0.1) is 5.82 Å². The van der Waals surface area contributed by atoms with Crippen LogP contribution in [0.5, 0.6) is 5.75 Å². The largest absolute Gasteiger partial charge is 0.507 e. The highest BCUT2D eigenvalue weighted by molar-refractivity contribution is 7.09. The number of aliphatic hydroxyl groups is 1. The van der Waals surface area contributed by atoms with E-state index in [1.807, 2.05) is 17.5 Å². The minimum atomic E-state index is -1.08. The Kier molecular flexibility index (Phi) is 6.30. The SMILES string of the molecule is CCOc1cc(/C(O)=C2\C(=O)C(=O)N(Cc3cccs3)C2c2ccccc2F)ccc1Cl. The molecule has 1 N–H and O–H groups in total. The van der Waals surface area contributed by atoms with Gasteiger partial charge in [0.05, 0.1) is 29.8 Å². The van der Waals surface area contributed by atoms with Gasteiger partial charge in [-0.15, -0.1) is 11.3 Å². The molecule has 5 nitrogen and oxygen atoms in total. The molecule has 1 aliphatic heterocycles. The zero-order valence-electron chi connectivity index (χ0n) is 17.0. The topological polar surface area (TPSA) is 66.8 Å². The van der Waals surface area contributed by atoms with Crippen LogP contribution >= 0.6 is 22.9 Å². The van der Waals surface area contributed by atoms with E-state index in [4.69, 9.17) is 16.3 Å². The quantitative estimate of drug-likeness (QED) is 0.290. The number of thiophene rings is 1. The highest BCUT2D eigenvalue weighted by Crippen LogP contribution is 2.42. The van der Waals surface area contributed by atoms with Crippen LogP contribution in [0.2, 0.25) is 5.02 Å². The van der Waals surface area contributed by atoms with Crippen LogP contribution in [-0.4, -0.2) is 28.3 Å². The lowest BCUT2D eigenvalue weighted by Gasteiger charge is -2.25. The van der Waals surface area contributed by atoms with Gasteiger partial charge in [0.2, 0.25) is 0 Å². The molecule has 164 valence electrons. The molecule has 3 aromatic rings. The number of Topliss-reactive ketones (excluding diaryl/α,β-unsaturated/α-hetero) is 1. The first-order valence-corrected chi connectivity index (χ1v) is 11.2. The van der Waals surface area contributed by atoms with Gasteiger partial charge in [0.15, 0.2) is 0 Å². The number of amides is 1. The summed E-state index contributed by atoms with van der Waals surface area (Å²) in [7, 11) is 0. The van der Waals surface area contributed by atoms with Gasteiger partial charge in [-0.2, -0.15) is 0 Å². The van der Waals surface area contributed by atoms with E-state index in [-0.39, 0.29) is 23.2 Å². The van der Waals surface area contributed by atoms with E-state index in [2.05, 4.69) is 0 Å². The van der Waals surface area contributed by atoms with Crippen molar-refractivity contribution in [3.8, 4) is 5.75 Å². The van der Waals surface area contributed by atoms with Crippen molar-refractivity contribution in [2.24, 2.45) is 0 Å². The molecule has 0 bridgehead atoms. The summed E-state index contributed by atoms with van der Waals surface area (Å²) in [6, 6.07) is 13.0. The van der Waals surface area contributed by atoms with Crippen molar-refractivity contribution < 1.29 is 23.8 Å². The second-order valence-electron chi connectivity index (χ2n) is 7.11. The van der Waals surface area contributed by atoms with Gasteiger partial charge in [-0.05, 0) is 42.6 Å². The minimum absolute atomic E-state index is 0.114. The fourth-order valence-electron chi connectivity index (χ4n) is 3.71. The van der Waals surface area contributed by atoms with Crippen LogP contribution in [0.1, 0.15) is 29.0 Å². The summed E-state index contributed by atoms with van der Waals surface area (Å²) in [6.45, 7) is 2.25. The molecule has 1 amide bonds. The number of carbonyl (C=O) groups is 2. The second kappa shape index (κ2) is 9.14. The Hall–Kier alpha value is -3.16. The summed E-state index contributed by atoms with van der Waals surface area (Å²) >= 11 is 7.56. The van der Waals surface area contributed by atoms with Crippen molar-refractivity contribution in [3.05, 3.63) is 92.4 Å². The van der Waals surface area contributed by atoms with Gasteiger partial charge in [-0.3, -0.25) is 9.59 Å². The van der Waals surface area contributed by atoms with Crippen molar-refractivity contribution in [1.82, 2.24) is 4.90 Å². The number of hydrogen-bond acceptors (Lipinski definition) is 5. The van der Waals surface area contributed by atoms with Crippen molar-refractivity contribution in [3.63, 3.8) is 0 Å². The minimum Gasteiger partial charge on any atom is -0.507 e. The van der Waals surface area contributed by atoms with Crippen LogP contribution in [0.25, 0.3) is 5.76 Å². The van der Waals surface area contributed by atoms with Crippen LogP contribution in [0.3, 0.4) is 0 Å². The number of aliphatic hydroxyl groups excluding tert-OH is 1. The fraction of sp³-hybridized carbons (Fsp3) is 0.167. The second-order valence-corrected chi connectivity index (χ2v) is 8.55. The first kappa shape index (κ1) is 22.0. The number of rotatable bonds is 6. The third-order valence-electron chi connectivity index (χ3n) is 5.15. The molecule has 2 aromatic carbocycles. The molecule has 0 spiro atoms. The molecule has 2 heterocycles. The number of carbonyl (C=O) groups excluding carboxylic acids is 2. The zero-order valence-corrected chi connectivity index (χ0v) is 18.6. The molecule has 1 aliphatic rings. The molecule has 0 radical (unpaired) electrons. The summed E-state index contributed by atoms with van der Waals surface area (Å²) in [6.07, 6.45) is 0. The van der Waals surface area contributed by atoms with Crippen LogP contribution in [0.4, 0.5) is 4.39 Å². The molecular weight excluding hydrogens is 453 g/mol. The summed E-state index contributed by atoms with van der Waals surface area (Å²) < 4.78 is 20.3.